The van der Waals surface area contributed by atoms with Crippen molar-refractivity contribution in [3.05, 3.63) is 77.2 Å². The first-order valence-electron chi connectivity index (χ1n) is 8.25. The van der Waals surface area contributed by atoms with Crippen molar-refractivity contribution in [1.29, 1.82) is 5.26 Å². The summed E-state index contributed by atoms with van der Waals surface area (Å²) in [4.78, 5) is 0. The van der Waals surface area contributed by atoms with Gasteiger partial charge in [-0.25, -0.2) is 0 Å². The summed E-state index contributed by atoms with van der Waals surface area (Å²) in [5.74, 6) is 1.85. The highest BCUT2D eigenvalue weighted by Crippen LogP contribution is 2.47. The first-order valence-corrected chi connectivity index (χ1v) is 8.25. The van der Waals surface area contributed by atoms with E-state index in [-0.39, 0.29) is 18.6 Å². The summed E-state index contributed by atoms with van der Waals surface area (Å²) in [6.07, 6.45) is 0. The monoisotopic (exact) mass is 342 g/mol. The summed E-state index contributed by atoms with van der Waals surface area (Å²) < 4.78 is 16.7. The molecule has 0 aliphatic carbocycles. The fourth-order valence-electron chi connectivity index (χ4n) is 3.67. The summed E-state index contributed by atoms with van der Waals surface area (Å²) in [5, 5.41) is 11.9. The highest BCUT2D eigenvalue weighted by molar-refractivity contribution is 5.90. The largest absolute Gasteiger partial charge is 0.454 e. The van der Waals surface area contributed by atoms with E-state index in [4.69, 9.17) is 19.9 Å². The van der Waals surface area contributed by atoms with Crippen LogP contribution in [0.3, 0.4) is 0 Å². The van der Waals surface area contributed by atoms with Crippen molar-refractivity contribution < 1.29 is 14.2 Å². The quantitative estimate of drug-likeness (QED) is 0.728. The molecule has 0 aromatic heterocycles. The van der Waals surface area contributed by atoms with E-state index in [0.29, 0.717) is 22.8 Å². The van der Waals surface area contributed by atoms with Crippen molar-refractivity contribution in [1.82, 2.24) is 0 Å². The van der Waals surface area contributed by atoms with Crippen molar-refractivity contribution in [3.63, 3.8) is 0 Å². The van der Waals surface area contributed by atoms with Gasteiger partial charge in [0.25, 0.3) is 0 Å². The molecule has 2 aliphatic heterocycles. The number of nitriles is 1. The lowest BCUT2D eigenvalue weighted by atomic mass is 9.81. The number of rotatable bonds is 1. The number of benzene rings is 3. The van der Waals surface area contributed by atoms with Crippen molar-refractivity contribution >= 4 is 10.8 Å². The number of ether oxygens (including phenoxy) is 3. The Balaban J connectivity index is 1.80. The van der Waals surface area contributed by atoms with Crippen LogP contribution in [0.15, 0.2) is 66.1 Å². The van der Waals surface area contributed by atoms with Gasteiger partial charge in [0.2, 0.25) is 12.7 Å². The summed E-state index contributed by atoms with van der Waals surface area (Å²) in [6, 6.07) is 19.9. The molecular formula is C21H14N2O3. The van der Waals surface area contributed by atoms with Crippen LogP contribution in [-0.2, 0) is 0 Å². The van der Waals surface area contributed by atoms with Crippen molar-refractivity contribution in [2.75, 3.05) is 6.79 Å². The molecule has 1 atom stereocenters. The standard InChI is InChI=1S/C21H14N2O3/c22-10-15-19(13-6-7-16-18(9-13)25-11-24-16)20-14-4-2-1-3-12(14)5-8-17(20)26-21(15)23/h1-9,19H,11,23H2/t19-/m1/s1. The summed E-state index contributed by atoms with van der Waals surface area (Å²) in [6.45, 7) is 0.204. The second-order valence-electron chi connectivity index (χ2n) is 6.24. The second kappa shape index (κ2) is 5.43. The molecule has 2 heterocycles. The number of nitrogens with two attached hydrogens (primary N) is 1. The minimum atomic E-state index is -0.329. The zero-order valence-corrected chi connectivity index (χ0v) is 13.7. The van der Waals surface area contributed by atoms with Crippen LogP contribution < -0.4 is 19.9 Å². The minimum Gasteiger partial charge on any atom is -0.454 e. The average Bonchev–Trinajstić information content (AvgIpc) is 3.14. The lowest BCUT2D eigenvalue weighted by Gasteiger charge is -2.28. The van der Waals surface area contributed by atoms with Crippen molar-refractivity contribution in [2.24, 2.45) is 5.73 Å². The molecule has 5 heteroatoms. The van der Waals surface area contributed by atoms with E-state index >= 15 is 0 Å². The van der Waals surface area contributed by atoms with E-state index in [0.717, 1.165) is 21.9 Å². The summed E-state index contributed by atoms with van der Waals surface area (Å²) in [5.41, 5.74) is 8.31. The van der Waals surface area contributed by atoms with E-state index in [9.17, 15) is 5.26 Å². The van der Waals surface area contributed by atoms with Gasteiger partial charge in [0.05, 0.1) is 5.92 Å². The lowest BCUT2D eigenvalue weighted by molar-refractivity contribution is 0.174. The lowest BCUT2D eigenvalue weighted by Crippen LogP contribution is -2.21. The van der Waals surface area contributed by atoms with Gasteiger partial charge in [-0.05, 0) is 34.5 Å². The van der Waals surface area contributed by atoms with Gasteiger partial charge in [-0.3, -0.25) is 0 Å². The molecule has 0 fully saturated rings. The first kappa shape index (κ1) is 14.7. The van der Waals surface area contributed by atoms with Crippen molar-refractivity contribution in [3.8, 4) is 23.3 Å². The number of hydrogen-bond donors (Lipinski definition) is 1. The third kappa shape index (κ3) is 2.02. The molecule has 0 radical (unpaired) electrons. The van der Waals surface area contributed by atoms with Crippen LogP contribution >= 0.6 is 0 Å². The van der Waals surface area contributed by atoms with Crippen LogP contribution in [0.25, 0.3) is 10.8 Å². The molecule has 5 nitrogen and oxygen atoms in total. The molecule has 3 aromatic carbocycles. The van der Waals surface area contributed by atoms with Gasteiger partial charge < -0.3 is 19.9 Å². The molecule has 3 aromatic rings. The van der Waals surface area contributed by atoms with Crippen LogP contribution in [0.5, 0.6) is 17.2 Å². The zero-order valence-electron chi connectivity index (χ0n) is 13.7. The Labute approximate surface area is 149 Å². The van der Waals surface area contributed by atoms with E-state index in [2.05, 4.69) is 6.07 Å². The molecule has 0 saturated carbocycles. The van der Waals surface area contributed by atoms with Gasteiger partial charge in [0, 0.05) is 5.56 Å². The van der Waals surface area contributed by atoms with E-state index < -0.39 is 0 Å². The predicted molar refractivity (Wildman–Crippen MR) is 95.8 cm³/mol. The fraction of sp³-hybridized carbons (Fsp3) is 0.0952. The van der Waals surface area contributed by atoms with E-state index in [1.54, 1.807) is 0 Å². The highest BCUT2D eigenvalue weighted by Gasteiger charge is 2.33. The zero-order chi connectivity index (χ0) is 17.7. The molecule has 0 amide bonds. The van der Waals surface area contributed by atoms with Gasteiger partial charge in [0.15, 0.2) is 11.5 Å². The van der Waals surface area contributed by atoms with Crippen LogP contribution in [0, 0.1) is 11.3 Å². The van der Waals surface area contributed by atoms with Crippen LogP contribution in [0.1, 0.15) is 17.0 Å². The predicted octanol–water partition coefficient (Wildman–Crippen LogP) is 3.79. The van der Waals surface area contributed by atoms with Gasteiger partial charge in [-0.15, -0.1) is 0 Å². The Morgan fingerprint density at radius 1 is 0.962 bits per heavy atom. The highest BCUT2D eigenvalue weighted by atomic mass is 16.7. The smallest absolute Gasteiger partial charge is 0.231 e. The number of hydrogen-bond acceptors (Lipinski definition) is 5. The Bertz CT molecular complexity index is 1130. The third-order valence-electron chi connectivity index (χ3n) is 4.84. The van der Waals surface area contributed by atoms with E-state index in [1.807, 2.05) is 54.6 Å². The summed E-state index contributed by atoms with van der Waals surface area (Å²) in [7, 11) is 0. The SMILES string of the molecule is N#CC1=C(N)Oc2ccc3ccccc3c2[C@@H]1c1ccc2c(c1)OCO2. The molecule has 0 unspecified atom stereocenters. The maximum atomic E-state index is 9.76. The molecule has 26 heavy (non-hydrogen) atoms. The molecule has 0 bridgehead atoms. The Hall–Kier alpha value is -3.65. The molecule has 2 N–H and O–H groups in total. The van der Waals surface area contributed by atoms with Crippen LogP contribution in [0.4, 0.5) is 0 Å². The number of allylic oxidation sites excluding steroid dienone is 1. The number of fused-ring (bicyclic) bond motifs is 4. The minimum absolute atomic E-state index is 0.137. The topological polar surface area (TPSA) is 77.5 Å². The Kier molecular flexibility index (Phi) is 3.06. The van der Waals surface area contributed by atoms with E-state index in [1.165, 1.54) is 0 Å². The molecule has 126 valence electrons. The molecular weight excluding hydrogens is 328 g/mol. The second-order valence-corrected chi connectivity index (χ2v) is 6.24. The maximum Gasteiger partial charge on any atom is 0.231 e. The molecule has 0 saturated heterocycles. The number of nitrogens with zero attached hydrogens (tertiary/aromatic N) is 1. The third-order valence-corrected chi connectivity index (χ3v) is 4.84. The Morgan fingerprint density at radius 2 is 1.77 bits per heavy atom. The molecule has 2 aliphatic rings. The maximum absolute atomic E-state index is 9.76. The van der Waals surface area contributed by atoms with Gasteiger partial charge in [-0.2, -0.15) is 5.26 Å². The molecule has 5 rings (SSSR count). The van der Waals surface area contributed by atoms with Crippen LogP contribution in [-0.4, -0.2) is 6.79 Å². The van der Waals surface area contributed by atoms with Crippen molar-refractivity contribution in [2.45, 2.75) is 5.92 Å². The molecule has 0 spiro atoms. The average molecular weight is 342 g/mol. The van der Waals surface area contributed by atoms with Gasteiger partial charge in [-0.1, -0.05) is 36.4 Å². The first-order chi connectivity index (χ1) is 12.8. The summed E-state index contributed by atoms with van der Waals surface area (Å²) >= 11 is 0. The normalized spacial score (nSPS) is 17.6. The van der Waals surface area contributed by atoms with Crippen LogP contribution in [0.2, 0.25) is 0 Å². The fourth-order valence-corrected chi connectivity index (χ4v) is 3.67. The van der Waals surface area contributed by atoms with Gasteiger partial charge in [0.1, 0.15) is 17.4 Å². The van der Waals surface area contributed by atoms with Gasteiger partial charge >= 0.3 is 0 Å². The Morgan fingerprint density at radius 3 is 2.65 bits per heavy atom.